The van der Waals surface area contributed by atoms with E-state index in [1.165, 1.54) is 4.88 Å². The summed E-state index contributed by atoms with van der Waals surface area (Å²) in [6, 6.07) is 0.430. The van der Waals surface area contributed by atoms with Crippen molar-refractivity contribution in [3.8, 4) is 0 Å². The summed E-state index contributed by atoms with van der Waals surface area (Å²) in [5.74, 6) is 0. The third kappa shape index (κ3) is 4.43. The van der Waals surface area contributed by atoms with Gasteiger partial charge in [-0.2, -0.15) is 0 Å². The van der Waals surface area contributed by atoms with Crippen molar-refractivity contribution in [2.24, 2.45) is 0 Å². The number of thiazole rings is 1. The highest BCUT2D eigenvalue weighted by atomic mass is 32.1. The van der Waals surface area contributed by atoms with Crippen LogP contribution in [-0.2, 0) is 11.3 Å². The van der Waals surface area contributed by atoms with Crippen LogP contribution in [0, 0.1) is 6.92 Å². The Morgan fingerprint density at radius 1 is 1.55 bits per heavy atom. The Morgan fingerprint density at radius 3 is 2.86 bits per heavy atom. The largest absolute Gasteiger partial charge is 0.444 e. The maximum Gasteiger partial charge on any atom is 0.410 e. The summed E-state index contributed by atoms with van der Waals surface area (Å²) in [5.41, 5.74) is 2.52. The van der Waals surface area contributed by atoms with Gasteiger partial charge in [0.15, 0.2) is 0 Å². The monoisotopic (exact) mass is 325 g/mol. The molecule has 0 aliphatic carbocycles. The van der Waals surface area contributed by atoms with E-state index in [-0.39, 0.29) is 12.1 Å². The van der Waals surface area contributed by atoms with Crippen LogP contribution < -0.4 is 5.32 Å². The molecule has 1 aliphatic rings. The molecule has 1 aliphatic heterocycles. The molecule has 6 heteroatoms. The van der Waals surface area contributed by atoms with Crippen molar-refractivity contribution in [2.45, 2.75) is 71.7 Å². The Bertz CT molecular complexity index is 510. The topological polar surface area (TPSA) is 54.5 Å². The number of nitrogens with zero attached hydrogens (tertiary/aromatic N) is 2. The van der Waals surface area contributed by atoms with Gasteiger partial charge in [-0.1, -0.05) is 0 Å². The van der Waals surface area contributed by atoms with Gasteiger partial charge in [-0.3, -0.25) is 0 Å². The van der Waals surface area contributed by atoms with E-state index < -0.39 is 5.60 Å². The molecule has 5 nitrogen and oxygen atoms in total. The lowest BCUT2D eigenvalue weighted by Crippen LogP contribution is -2.55. The Morgan fingerprint density at radius 2 is 2.27 bits per heavy atom. The first kappa shape index (κ1) is 17.2. The van der Waals surface area contributed by atoms with Crippen molar-refractivity contribution in [3.05, 3.63) is 16.1 Å². The number of carbonyl (C=O) groups is 1. The Hall–Kier alpha value is -1.14. The summed E-state index contributed by atoms with van der Waals surface area (Å²) in [7, 11) is 0. The van der Waals surface area contributed by atoms with E-state index in [4.69, 9.17) is 4.74 Å². The van der Waals surface area contributed by atoms with Gasteiger partial charge < -0.3 is 15.0 Å². The molecule has 2 atom stereocenters. The van der Waals surface area contributed by atoms with Crippen molar-refractivity contribution < 1.29 is 9.53 Å². The number of amides is 1. The zero-order valence-corrected chi connectivity index (χ0v) is 15.0. The second kappa shape index (κ2) is 6.96. The summed E-state index contributed by atoms with van der Waals surface area (Å²) >= 11 is 1.68. The molecule has 1 aromatic heterocycles. The minimum atomic E-state index is -0.447. The molecule has 22 heavy (non-hydrogen) atoms. The van der Waals surface area contributed by atoms with Crippen LogP contribution in [0.15, 0.2) is 5.51 Å². The lowest BCUT2D eigenvalue weighted by molar-refractivity contribution is 0.00700. The van der Waals surface area contributed by atoms with Gasteiger partial charge in [0.25, 0.3) is 0 Å². The second-order valence-corrected chi connectivity index (χ2v) is 7.84. The summed E-state index contributed by atoms with van der Waals surface area (Å²) < 4.78 is 5.52. The number of aromatic nitrogens is 1. The van der Waals surface area contributed by atoms with E-state index in [1.54, 1.807) is 11.3 Å². The van der Waals surface area contributed by atoms with Crippen LogP contribution in [0.1, 0.15) is 51.1 Å². The van der Waals surface area contributed by atoms with E-state index in [0.717, 1.165) is 31.6 Å². The molecule has 2 unspecified atom stereocenters. The molecule has 1 amide bonds. The average molecular weight is 325 g/mol. The molecule has 2 heterocycles. The van der Waals surface area contributed by atoms with Crippen molar-refractivity contribution in [2.75, 3.05) is 6.54 Å². The molecule has 0 aromatic carbocycles. The quantitative estimate of drug-likeness (QED) is 0.926. The van der Waals surface area contributed by atoms with Gasteiger partial charge in [0.2, 0.25) is 0 Å². The van der Waals surface area contributed by atoms with Gasteiger partial charge in [-0.05, 0) is 47.5 Å². The maximum atomic E-state index is 12.3. The fourth-order valence-corrected chi connectivity index (χ4v) is 3.44. The number of piperidine rings is 1. The first-order valence-electron chi connectivity index (χ1n) is 7.90. The van der Waals surface area contributed by atoms with Crippen LogP contribution >= 0.6 is 11.3 Å². The van der Waals surface area contributed by atoms with Gasteiger partial charge >= 0.3 is 6.09 Å². The van der Waals surface area contributed by atoms with Crippen LogP contribution in [0.2, 0.25) is 0 Å². The number of hydrogen-bond acceptors (Lipinski definition) is 5. The number of rotatable bonds is 3. The summed E-state index contributed by atoms with van der Waals surface area (Å²) in [4.78, 5) is 19.7. The van der Waals surface area contributed by atoms with Crippen LogP contribution in [0.5, 0.6) is 0 Å². The molecule has 1 fully saturated rings. The van der Waals surface area contributed by atoms with E-state index >= 15 is 0 Å². The Labute approximate surface area is 137 Å². The van der Waals surface area contributed by atoms with E-state index in [1.807, 2.05) is 38.1 Å². The van der Waals surface area contributed by atoms with E-state index in [2.05, 4.69) is 17.2 Å². The molecule has 0 bridgehead atoms. The minimum Gasteiger partial charge on any atom is -0.444 e. The standard InChI is InChI=1S/C16H27N3O2S/c1-11-14(22-10-18-11)9-17-13-7-6-8-19(12(13)2)15(20)21-16(3,4)5/h10,12-13,17H,6-9H2,1-5H3. The molecule has 2 rings (SSSR count). The molecule has 1 saturated heterocycles. The number of likely N-dealkylation sites (tertiary alicyclic amines) is 1. The minimum absolute atomic E-state index is 0.136. The van der Waals surface area contributed by atoms with Crippen LogP contribution in [-0.4, -0.2) is 40.2 Å². The van der Waals surface area contributed by atoms with Crippen LogP contribution in [0.4, 0.5) is 4.79 Å². The number of ether oxygens (including phenoxy) is 1. The Kier molecular flexibility index (Phi) is 5.45. The third-order valence-corrected chi connectivity index (χ3v) is 4.92. The highest BCUT2D eigenvalue weighted by Crippen LogP contribution is 2.21. The van der Waals surface area contributed by atoms with Crippen molar-refractivity contribution in [1.29, 1.82) is 0 Å². The highest BCUT2D eigenvalue weighted by Gasteiger charge is 2.33. The molecule has 0 radical (unpaired) electrons. The van der Waals surface area contributed by atoms with Crippen molar-refractivity contribution in [1.82, 2.24) is 15.2 Å². The summed E-state index contributed by atoms with van der Waals surface area (Å²) in [6.07, 6.45) is 1.88. The number of aryl methyl sites for hydroxylation is 1. The molecule has 1 N–H and O–H groups in total. The normalized spacial score (nSPS) is 22.7. The second-order valence-electron chi connectivity index (χ2n) is 6.90. The third-order valence-electron chi connectivity index (χ3n) is 3.99. The fraction of sp³-hybridized carbons (Fsp3) is 0.750. The summed E-state index contributed by atoms with van der Waals surface area (Å²) in [6.45, 7) is 11.4. The molecule has 1 aromatic rings. The molecule has 0 saturated carbocycles. The molecular weight excluding hydrogens is 298 g/mol. The SMILES string of the molecule is Cc1ncsc1CNC1CCCN(C(=O)OC(C)(C)C)C1C. The zero-order chi connectivity index (χ0) is 16.3. The van der Waals surface area contributed by atoms with Gasteiger partial charge in [0.05, 0.1) is 11.2 Å². The van der Waals surface area contributed by atoms with E-state index in [0.29, 0.717) is 6.04 Å². The zero-order valence-electron chi connectivity index (χ0n) is 14.2. The van der Waals surface area contributed by atoms with E-state index in [9.17, 15) is 4.79 Å². The van der Waals surface area contributed by atoms with Crippen molar-refractivity contribution in [3.63, 3.8) is 0 Å². The number of nitrogens with one attached hydrogen (secondary N) is 1. The lowest BCUT2D eigenvalue weighted by atomic mass is 9.98. The smallest absolute Gasteiger partial charge is 0.410 e. The molecular formula is C16H27N3O2S. The van der Waals surface area contributed by atoms with Gasteiger partial charge in [0, 0.05) is 30.1 Å². The van der Waals surface area contributed by atoms with Gasteiger partial charge in [-0.15, -0.1) is 11.3 Å². The fourth-order valence-electron chi connectivity index (χ4n) is 2.71. The number of hydrogen-bond donors (Lipinski definition) is 1. The van der Waals surface area contributed by atoms with Crippen LogP contribution in [0.25, 0.3) is 0 Å². The molecule has 0 spiro atoms. The summed E-state index contributed by atoms with van der Waals surface area (Å²) in [5, 5.41) is 3.58. The lowest BCUT2D eigenvalue weighted by Gasteiger charge is -2.40. The average Bonchev–Trinajstić information content (AvgIpc) is 2.81. The highest BCUT2D eigenvalue weighted by molar-refractivity contribution is 7.09. The van der Waals surface area contributed by atoms with Gasteiger partial charge in [0.1, 0.15) is 5.60 Å². The number of carbonyl (C=O) groups excluding carboxylic acids is 1. The van der Waals surface area contributed by atoms with Crippen molar-refractivity contribution >= 4 is 17.4 Å². The Balaban J connectivity index is 1.93. The van der Waals surface area contributed by atoms with Gasteiger partial charge in [-0.25, -0.2) is 9.78 Å². The molecule has 124 valence electrons. The predicted octanol–water partition coefficient (Wildman–Crippen LogP) is 3.33. The van der Waals surface area contributed by atoms with Crippen LogP contribution in [0.3, 0.4) is 0 Å². The maximum absolute atomic E-state index is 12.3. The first-order chi connectivity index (χ1) is 10.3. The predicted molar refractivity (Wildman–Crippen MR) is 89.1 cm³/mol. The first-order valence-corrected chi connectivity index (χ1v) is 8.78.